The van der Waals surface area contributed by atoms with E-state index in [4.69, 9.17) is 4.74 Å². The summed E-state index contributed by atoms with van der Waals surface area (Å²) >= 11 is 0. The van der Waals surface area contributed by atoms with E-state index < -0.39 is 0 Å². The third-order valence-electron chi connectivity index (χ3n) is 2.42. The Balaban J connectivity index is 2.61. The van der Waals surface area contributed by atoms with Crippen molar-refractivity contribution in [3.05, 3.63) is 23.3 Å². The number of hydrogen-bond acceptors (Lipinski definition) is 3. The highest BCUT2D eigenvalue weighted by atomic mass is 16.5. The lowest BCUT2D eigenvalue weighted by atomic mass is 9.97. The van der Waals surface area contributed by atoms with Crippen LogP contribution in [0.25, 0.3) is 0 Å². The molecular weight excluding hydrogens is 180 g/mol. The summed E-state index contributed by atoms with van der Waals surface area (Å²) in [5.41, 5.74) is 1.52. The van der Waals surface area contributed by atoms with Crippen LogP contribution in [0.2, 0.25) is 0 Å². The molecule has 3 heteroatoms. The van der Waals surface area contributed by atoms with Crippen molar-refractivity contribution >= 4 is 5.78 Å². The van der Waals surface area contributed by atoms with Gasteiger partial charge in [0.1, 0.15) is 11.5 Å². The first-order valence-corrected chi connectivity index (χ1v) is 4.74. The second-order valence-electron chi connectivity index (χ2n) is 3.35. The quantitative estimate of drug-likeness (QED) is 0.739. The molecule has 1 heterocycles. The fourth-order valence-electron chi connectivity index (χ4n) is 1.74. The molecule has 0 atom stereocenters. The topological polar surface area (TPSA) is 46.5 Å². The predicted octanol–water partition coefficient (Wildman–Crippen LogP) is 1.92. The number of fused-ring (bicyclic) bond motifs is 1. The molecule has 1 aromatic rings. The molecule has 1 aromatic carbocycles. The third-order valence-corrected chi connectivity index (χ3v) is 2.42. The summed E-state index contributed by atoms with van der Waals surface area (Å²) in [6, 6.07) is 3.14. The van der Waals surface area contributed by atoms with Gasteiger partial charge in [-0.1, -0.05) is 6.92 Å². The third kappa shape index (κ3) is 1.35. The Labute approximate surface area is 82.3 Å². The molecule has 0 aromatic heterocycles. The van der Waals surface area contributed by atoms with E-state index in [2.05, 4.69) is 0 Å². The van der Waals surface area contributed by atoms with E-state index >= 15 is 0 Å². The summed E-state index contributed by atoms with van der Waals surface area (Å²) in [5, 5.41) is 9.40. The zero-order valence-corrected chi connectivity index (χ0v) is 8.04. The first kappa shape index (κ1) is 9.06. The first-order valence-electron chi connectivity index (χ1n) is 4.74. The minimum atomic E-state index is 0.114. The number of phenols is 1. The number of benzene rings is 1. The van der Waals surface area contributed by atoms with E-state index in [-0.39, 0.29) is 11.5 Å². The molecule has 2 rings (SSSR count). The van der Waals surface area contributed by atoms with Crippen LogP contribution in [-0.2, 0) is 6.42 Å². The predicted molar refractivity (Wildman–Crippen MR) is 51.9 cm³/mol. The number of ketones is 1. The molecule has 1 N–H and O–H groups in total. The number of carbonyl (C=O) groups is 1. The molecule has 0 aliphatic carbocycles. The van der Waals surface area contributed by atoms with Crippen LogP contribution in [0, 0.1) is 0 Å². The monoisotopic (exact) mass is 192 g/mol. The lowest BCUT2D eigenvalue weighted by molar-refractivity contribution is 0.0932. The van der Waals surface area contributed by atoms with Crippen LogP contribution in [-0.4, -0.2) is 17.5 Å². The minimum absolute atomic E-state index is 0.114. The largest absolute Gasteiger partial charge is 0.508 e. The Morgan fingerprint density at radius 1 is 1.50 bits per heavy atom. The summed E-state index contributed by atoms with van der Waals surface area (Å²) < 4.78 is 5.34. The molecule has 0 saturated heterocycles. The number of aromatic hydroxyl groups is 1. The highest BCUT2D eigenvalue weighted by Crippen LogP contribution is 2.32. The number of ether oxygens (including phenoxy) is 1. The fourth-order valence-corrected chi connectivity index (χ4v) is 1.74. The molecule has 14 heavy (non-hydrogen) atoms. The number of aryl methyl sites for hydroxylation is 1. The molecule has 0 bridgehead atoms. The van der Waals surface area contributed by atoms with Gasteiger partial charge in [-0.25, -0.2) is 0 Å². The van der Waals surface area contributed by atoms with Gasteiger partial charge in [0, 0.05) is 12.5 Å². The van der Waals surface area contributed by atoms with Gasteiger partial charge in [0.25, 0.3) is 0 Å². The lowest BCUT2D eigenvalue weighted by Crippen LogP contribution is -2.17. The normalized spacial score (nSPS) is 14.8. The van der Waals surface area contributed by atoms with Crippen LogP contribution in [0.1, 0.15) is 29.3 Å². The molecule has 3 nitrogen and oxygen atoms in total. The van der Waals surface area contributed by atoms with Crippen molar-refractivity contribution in [2.24, 2.45) is 0 Å². The van der Waals surface area contributed by atoms with Gasteiger partial charge in [-0.15, -0.1) is 0 Å². The summed E-state index contributed by atoms with van der Waals surface area (Å²) in [6.07, 6.45) is 1.16. The summed E-state index contributed by atoms with van der Waals surface area (Å²) in [5.74, 6) is 0.802. The van der Waals surface area contributed by atoms with Crippen LogP contribution in [0.4, 0.5) is 0 Å². The van der Waals surface area contributed by atoms with Gasteiger partial charge < -0.3 is 9.84 Å². The van der Waals surface area contributed by atoms with Crippen molar-refractivity contribution in [3.8, 4) is 11.5 Å². The second kappa shape index (κ2) is 3.33. The number of hydrogen-bond donors (Lipinski definition) is 1. The van der Waals surface area contributed by atoms with Crippen molar-refractivity contribution in [2.45, 2.75) is 19.8 Å². The van der Waals surface area contributed by atoms with Gasteiger partial charge in [-0.3, -0.25) is 4.79 Å². The van der Waals surface area contributed by atoms with Gasteiger partial charge >= 0.3 is 0 Å². The first-order chi connectivity index (χ1) is 6.72. The number of phenolic OH excluding ortho intramolecular Hbond substituents is 1. The number of rotatable bonds is 1. The molecular formula is C11H12O3. The smallest absolute Gasteiger partial charge is 0.170 e. The maximum Gasteiger partial charge on any atom is 0.170 e. The SMILES string of the molecule is CCc1cc(O)cc2c1C(=O)CCO2. The van der Waals surface area contributed by atoms with Gasteiger partial charge in [-0.05, 0) is 18.1 Å². The second-order valence-corrected chi connectivity index (χ2v) is 3.35. The number of Topliss-reactive ketones (excluding diaryl/α,β-unsaturated/α-hetero) is 1. The Hall–Kier alpha value is -1.51. The molecule has 0 amide bonds. The van der Waals surface area contributed by atoms with E-state index in [0.717, 1.165) is 12.0 Å². The molecule has 0 spiro atoms. The summed E-state index contributed by atoms with van der Waals surface area (Å²) in [4.78, 5) is 11.6. The van der Waals surface area contributed by atoms with Crippen LogP contribution >= 0.6 is 0 Å². The van der Waals surface area contributed by atoms with E-state index in [1.165, 1.54) is 6.07 Å². The maximum atomic E-state index is 11.6. The maximum absolute atomic E-state index is 11.6. The van der Waals surface area contributed by atoms with Crippen LogP contribution in [0.5, 0.6) is 11.5 Å². The zero-order chi connectivity index (χ0) is 10.1. The zero-order valence-electron chi connectivity index (χ0n) is 8.04. The van der Waals surface area contributed by atoms with E-state index in [0.29, 0.717) is 24.3 Å². The fraction of sp³-hybridized carbons (Fsp3) is 0.364. The average Bonchev–Trinajstić information content (AvgIpc) is 2.16. The average molecular weight is 192 g/mol. The molecule has 0 radical (unpaired) electrons. The van der Waals surface area contributed by atoms with Crippen molar-refractivity contribution in [3.63, 3.8) is 0 Å². The van der Waals surface area contributed by atoms with Gasteiger partial charge in [0.15, 0.2) is 5.78 Å². The van der Waals surface area contributed by atoms with Gasteiger partial charge in [0.05, 0.1) is 12.2 Å². The van der Waals surface area contributed by atoms with Crippen LogP contribution in [0.15, 0.2) is 12.1 Å². The highest BCUT2D eigenvalue weighted by molar-refractivity contribution is 6.01. The lowest BCUT2D eigenvalue weighted by Gasteiger charge is -2.19. The molecule has 0 fully saturated rings. The Kier molecular flexibility index (Phi) is 2.15. The number of carbonyl (C=O) groups excluding carboxylic acids is 1. The van der Waals surface area contributed by atoms with Crippen LogP contribution in [0.3, 0.4) is 0 Å². The molecule has 74 valence electrons. The Morgan fingerprint density at radius 2 is 2.29 bits per heavy atom. The Morgan fingerprint density at radius 3 is 3.00 bits per heavy atom. The van der Waals surface area contributed by atoms with Crippen molar-refractivity contribution in [1.82, 2.24) is 0 Å². The molecule has 1 aliphatic heterocycles. The van der Waals surface area contributed by atoms with Crippen molar-refractivity contribution in [2.75, 3.05) is 6.61 Å². The van der Waals surface area contributed by atoms with Crippen molar-refractivity contribution in [1.29, 1.82) is 0 Å². The standard InChI is InChI=1S/C11H12O3/c1-2-7-5-8(12)6-10-11(7)9(13)3-4-14-10/h5-6,12H,2-4H2,1H3. The molecule has 0 unspecified atom stereocenters. The summed E-state index contributed by atoms with van der Waals surface area (Å²) in [6.45, 7) is 2.37. The minimum Gasteiger partial charge on any atom is -0.508 e. The van der Waals surface area contributed by atoms with Gasteiger partial charge in [-0.2, -0.15) is 0 Å². The van der Waals surface area contributed by atoms with Crippen molar-refractivity contribution < 1.29 is 14.6 Å². The van der Waals surface area contributed by atoms with Gasteiger partial charge in [0.2, 0.25) is 0 Å². The molecule has 1 aliphatic rings. The Bertz CT molecular complexity index is 365. The summed E-state index contributed by atoms with van der Waals surface area (Å²) in [7, 11) is 0. The van der Waals surface area contributed by atoms with E-state index in [1.54, 1.807) is 6.07 Å². The highest BCUT2D eigenvalue weighted by Gasteiger charge is 2.22. The van der Waals surface area contributed by atoms with Crippen LogP contribution < -0.4 is 4.74 Å². The van der Waals surface area contributed by atoms with E-state index in [1.807, 2.05) is 6.92 Å². The van der Waals surface area contributed by atoms with E-state index in [9.17, 15) is 9.90 Å². The molecule has 0 saturated carbocycles.